The number of nitrogens with two attached hydrogens (primary N) is 1. The monoisotopic (exact) mass is 446 g/mol. The van der Waals surface area contributed by atoms with E-state index >= 15 is 0 Å². The van der Waals surface area contributed by atoms with Gasteiger partial charge in [-0.3, -0.25) is 9.69 Å². The lowest BCUT2D eigenvalue weighted by molar-refractivity contribution is -0.147. The van der Waals surface area contributed by atoms with Crippen LogP contribution in [0.5, 0.6) is 11.5 Å². The fourth-order valence-corrected chi connectivity index (χ4v) is 5.27. The summed E-state index contributed by atoms with van der Waals surface area (Å²) >= 11 is 0. The van der Waals surface area contributed by atoms with Gasteiger partial charge in [-0.1, -0.05) is 27.7 Å². The normalized spacial score (nSPS) is 24.1. The minimum atomic E-state index is -0.174. The lowest BCUT2D eigenvalue weighted by Gasteiger charge is -2.47. The summed E-state index contributed by atoms with van der Waals surface area (Å²) in [4.78, 5) is 15.0. The summed E-state index contributed by atoms with van der Waals surface area (Å²) in [6.07, 6.45) is 3.45. The Bertz CT molecular complexity index is 779. The number of fused-ring (bicyclic) bond motifs is 3. The molecule has 1 fully saturated rings. The molecule has 2 heterocycles. The molecule has 6 heteroatoms. The second-order valence-corrected chi connectivity index (χ2v) is 10.3. The summed E-state index contributed by atoms with van der Waals surface area (Å²) in [5.41, 5.74) is 8.75. The first-order chi connectivity index (χ1) is 15.2. The van der Waals surface area contributed by atoms with Crippen LogP contribution < -0.4 is 15.2 Å². The number of piperidine rings is 1. The van der Waals surface area contributed by atoms with E-state index in [1.54, 1.807) is 14.2 Å². The third kappa shape index (κ3) is 5.76. The van der Waals surface area contributed by atoms with Gasteiger partial charge in [-0.2, -0.15) is 0 Å². The third-order valence-corrected chi connectivity index (χ3v) is 7.27. The van der Waals surface area contributed by atoms with E-state index < -0.39 is 0 Å². The lowest BCUT2D eigenvalue weighted by atomic mass is 9.74. The third-order valence-electron chi connectivity index (χ3n) is 7.27. The van der Waals surface area contributed by atoms with Crippen molar-refractivity contribution < 1.29 is 19.0 Å². The topological polar surface area (TPSA) is 74.0 Å². The number of rotatable bonds is 9. The predicted octanol–water partition coefficient (Wildman–Crippen LogP) is 4.20. The van der Waals surface area contributed by atoms with Crippen LogP contribution in [-0.2, 0) is 16.0 Å². The van der Waals surface area contributed by atoms with E-state index in [9.17, 15) is 4.79 Å². The molecule has 0 aromatic heterocycles. The maximum Gasteiger partial charge on any atom is 0.307 e. The van der Waals surface area contributed by atoms with Crippen LogP contribution in [0.4, 0.5) is 0 Å². The zero-order chi connectivity index (χ0) is 23.4. The SMILES string of the molecule is COc1cc2c(cc1OC)[C@H]1C[C@@H](COC(=O)CC(N)C(C)C)[C@H](CC(C)C)CN1CC2. The Morgan fingerprint density at radius 1 is 1.12 bits per heavy atom. The highest BCUT2D eigenvalue weighted by atomic mass is 16.5. The summed E-state index contributed by atoms with van der Waals surface area (Å²) in [6.45, 7) is 11.2. The summed E-state index contributed by atoms with van der Waals surface area (Å²) in [5.74, 6) is 3.16. The highest BCUT2D eigenvalue weighted by Gasteiger charge is 2.40. The molecule has 180 valence electrons. The first-order valence-corrected chi connectivity index (χ1v) is 12.1. The van der Waals surface area contributed by atoms with Gasteiger partial charge in [0.1, 0.15) is 0 Å². The molecule has 1 unspecified atom stereocenters. The number of ether oxygens (including phenoxy) is 3. The smallest absolute Gasteiger partial charge is 0.307 e. The van der Waals surface area contributed by atoms with E-state index in [1.807, 2.05) is 13.8 Å². The number of esters is 1. The predicted molar refractivity (Wildman–Crippen MR) is 127 cm³/mol. The van der Waals surface area contributed by atoms with Crippen molar-refractivity contribution in [1.82, 2.24) is 4.90 Å². The standard InChI is InChI=1S/C26H42N2O4/c1-16(2)9-19-14-28-8-7-18-11-24(30-5)25(31-6)12-21(18)23(28)10-20(19)15-32-26(29)13-22(27)17(3)4/h11-12,16-17,19-20,22-23H,7-10,13-15,27H2,1-6H3/t19-,20+,22?,23-/m1/s1. The Kier molecular flexibility index (Phi) is 8.45. The Labute approximate surface area is 193 Å². The van der Waals surface area contributed by atoms with Crippen molar-refractivity contribution in [1.29, 1.82) is 0 Å². The van der Waals surface area contributed by atoms with Gasteiger partial charge < -0.3 is 19.9 Å². The van der Waals surface area contributed by atoms with E-state index in [0.29, 0.717) is 30.4 Å². The molecule has 0 amide bonds. The maximum atomic E-state index is 12.4. The van der Waals surface area contributed by atoms with Crippen LogP contribution in [0.25, 0.3) is 0 Å². The van der Waals surface area contributed by atoms with Crippen LogP contribution >= 0.6 is 0 Å². The molecule has 0 spiro atoms. The number of nitrogens with zero attached hydrogens (tertiary/aromatic N) is 1. The van der Waals surface area contributed by atoms with Gasteiger partial charge in [0.15, 0.2) is 11.5 Å². The first kappa shape index (κ1) is 24.8. The molecule has 6 nitrogen and oxygen atoms in total. The molecule has 2 aliphatic rings. The number of benzene rings is 1. The van der Waals surface area contributed by atoms with Crippen molar-refractivity contribution in [2.45, 2.75) is 65.5 Å². The van der Waals surface area contributed by atoms with Crippen LogP contribution in [-0.4, -0.2) is 50.8 Å². The molecule has 1 aromatic rings. The van der Waals surface area contributed by atoms with Gasteiger partial charge >= 0.3 is 5.97 Å². The molecular formula is C26H42N2O4. The van der Waals surface area contributed by atoms with Crippen molar-refractivity contribution in [3.05, 3.63) is 23.3 Å². The molecule has 1 aromatic carbocycles. The van der Waals surface area contributed by atoms with Crippen LogP contribution in [0.1, 0.15) is 64.1 Å². The molecule has 4 atom stereocenters. The zero-order valence-corrected chi connectivity index (χ0v) is 20.7. The van der Waals surface area contributed by atoms with Crippen LogP contribution in [0.2, 0.25) is 0 Å². The zero-order valence-electron chi connectivity index (χ0n) is 20.7. The minimum absolute atomic E-state index is 0.150. The fourth-order valence-electron chi connectivity index (χ4n) is 5.27. The Hall–Kier alpha value is -1.79. The largest absolute Gasteiger partial charge is 0.493 e. The molecule has 2 N–H and O–H groups in total. The second kappa shape index (κ2) is 10.9. The average Bonchev–Trinajstić information content (AvgIpc) is 2.75. The summed E-state index contributed by atoms with van der Waals surface area (Å²) in [6, 6.07) is 4.46. The highest BCUT2D eigenvalue weighted by Crippen LogP contribution is 2.45. The second-order valence-electron chi connectivity index (χ2n) is 10.3. The van der Waals surface area contributed by atoms with Gasteiger partial charge in [0.2, 0.25) is 0 Å². The molecule has 0 aliphatic carbocycles. The molecule has 0 saturated carbocycles. The minimum Gasteiger partial charge on any atom is -0.493 e. The van der Waals surface area contributed by atoms with Crippen LogP contribution in [0.15, 0.2) is 12.1 Å². The molecule has 2 aliphatic heterocycles. The van der Waals surface area contributed by atoms with E-state index in [2.05, 4.69) is 30.9 Å². The van der Waals surface area contributed by atoms with Gasteiger partial charge in [-0.25, -0.2) is 0 Å². The number of carbonyl (C=O) groups excluding carboxylic acids is 1. The van der Waals surface area contributed by atoms with Gasteiger partial charge in [0, 0.05) is 25.2 Å². The van der Waals surface area contributed by atoms with E-state index in [-0.39, 0.29) is 24.3 Å². The molecule has 0 bridgehead atoms. The Balaban J connectivity index is 1.77. The van der Waals surface area contributed by atoms with Crippen molar-refractivity contribution in [3.8, 4) is 11.5 Å². The number of carbonyl (C=O) groups is 1. The molecule has 32 heavy (non-hydrogen) atoms. The van der Waals surface area contributed by atoms with Gasteiger partial charge in [-0.05, 0) is 66.2 Å². The van der Waals surface area contributed by atoms with Gasteiger partial charge in [-0.15, -0.1) is 0 Å². The Morgan fingerprint density at radius 2 is 1.81 bits per heavy atom. The maximum absolute atomic E-state index is 12.4. The van der Waals surface area contributed by atoms with Crippen molar-refractivity contribution >= 4 is 5.97 Å². The summed E-state index contributed by atoms with van der Waals surface area (Å²) in [7, 11) is 3.38. The van der Waals surface area contributed by atoms with Crippen molar-refractivity contribution in [2.24, 2.45) is 29.4 Å². The number of methoxy groups -OCH3 is 2. The summed E-state index contributed by atoms with van der Waals surface area (Å²) < 4.78 is 16.9. The molecular weight excluding hydrogens is 404 g/mol. The lowest BCUT2D eigenvalue weighted by Crippen LogP contribution is -2.47. The highest BCUT2D eigenvalue weighted by molar-refractivity contribution is 5.70. The molecule has 0 radical (unpaired) electrons. The van der Waals surface area contributed by atoms with E-state index in [1.165, 1.54) is 11.1 Å². The van der Waals surface area contributed by atoms with Crippen molar-refractivity contribution in [3.63, 3.8) is 0 Å². The van der Waals surface area contributed by atoms with Gasteiger partial charge in [0.05, 0.1) is 27.2 Å². The average molecular weight is 447 g/mol. The Morgan fingerprint density at radius 3 is 2.44 bits per heavy atom. The molecule has 3 rings (SSSR count). The van der Waals surface area contributed by atoms with Crippen LogP contribution in [0, 0.1) is 23.7 Å². The number of hydrogen-bond acceptors (Lipinski definition) is 6. The number of hydrogen-bond donors (Lipinski definition) is 1. The quantitative estimate of drug-likeness (QED) is 0.573. The van der Waals surface area contributed by atoms with E-state index in [4.69, 9.17) is 19.9 Å². The van der Waals surface area contributed by atoms with Gasteiger partial charge in [0.25, 0.3) is 0 Å². The summed E-state index contributed by atoms with van der Waals surface area (Å²) in [5, 5.41) is 0. The fraction of sp³-hybridized carbons (Fsp3) is 0.731. The van der Waals surface area contributed by atoms with E-state index in [0.717, 1.165) is 43.9 Å². The first-order valence-electron chi connectivity index (χ1n) is 12.1. The van der Waals surface area contributed by atoms with Crippen LogP contribution in [0.3, 0.4) is 0 Å². The van der Waals surface area contributed by atoms with Crippen molar-refractivity contribution in [2.75, 3.05) is 33.9 Å². The molecule has 1 saturated heterocycles.